The van der Waals surface area contributed by atoms with E-state index in [1.54, 1.807) is 0 Å². The summed E-state index contributed by atoms with van der Waals surface area (Å²) in [6.45, 7) is 10.8. The van der Waals surface area contributed by atoms with Crippen LogP contribution in [0.1, 0.15) is 38.8 Å². The van der Waals surface area contributed by atoms with E-state index in [1.165, 1.54) is 5.56 Å². The summed E-state index contributed by atoms with van der Waals surface area (Å²) in [5.41, 5.74) is 2.25. The molecule has 0 heterocycles. The molecule has 0 aliphatic carbocycles. The van der Waals surface area contributed by atoms with Crippen molar-refractivity contribution in [3.8, 4) is 11.8 Å². The minimum atomic E-state index is -0.0891. The fourth-order valence-corrected chi connectivity index (χ4v) is 2.06. The molecule has 0 atom stereocenters. The Morgan fingerprint density at radius 3 is 2.42 bits per heavy atom. The van der Waals surface area contributed by atoms with Crippen molar-refractivity contribution < 1.29 is 5.11 Å². The van der Waals surface area contributed by atoms with Crippen molar-refractivity contribution in [3.63, 3.8) is 0 Å². The molecule has 0 aromatic heterocycles. The summed E-state index contributed by atoms with van der Waals surface area (Å²) in [6.07, 6.45) is 0. The Morgan fingerprint density at radius 2 is 1.84 bits per heavy atom. The van der Waals surface area contributed by atoms with Crippen molar-refractivity contribution in [2.75, 3.05) is 13.2 Å². The van der Waals surface area contributed by atoms with Gasteiger partial charge in [0.15, 0.2) is 0 Å². The molecule has 2 nitrogen and oxygen atoms in total. The van der Waals surface area contributed by atoms with E-state index < -0.39 is 0 Å². The number of hydrogen-bond acceptors (Lipinski definition) is 2. The fourth-order valence-electron chi connectivity index (χ4n) is 2.06. The van der Waals surface area contributed by atoms with Gasteiger partial charge in [0.2, 0.25) is 0 Å². The van der Waals surface area contributed by atoms with Gasteiger partial charge >= 0.3 is 0 Å². The third kappa shape index (κ3) is 5.46. The maximum Gasteiger partial charge on any atom is 0.104 e. The zero-order valence-electron chi connectivity index (χ0n) is 12.5. The predicted molar refractivity (Wildman–Crippen MR) is 80.8 cm³/mol. The van der Waals surface area contributed by atoms with Crippen LogP contribution < -0.4 is 0 Å². The van der Waals surface area contributed by atoms with E-state index in [9.17, 15) is 0 Å². The molecule has 2 heteroatoms. The van der Waals surface area contributed by atoms with Gasteiger partial charge in [0, 0.05) is 24.7 Å². The minimum Gasteiger partial charge on any atom is -0.384 e. The number of rotatable bonds is 5. The topological polar surface area (TPSA) is 23.5 Å². The number of aliphatic hydroxyl groups excluding tert-OH is 1. The van der Waals surface area contributed by atoms with Gasteiger partial charge < -0.3 is 5.11 Å². The van der Waals surface area contributed by atoms with Gasteiger partial charge in [0.05, 0.1) is 0 Å². The number of hydrogen-bond donors (Lipinski definition) is 1. The predicted octanol–water partition coefficient (Wildman–Crippen LogP) is 2.90. The van der Waals surface area contributed by atoms with Gasteiger partial charge in [-0.05, 0) is 31.4 Å². The molecule has 104 valence electrons. The highest BCUT2D eigenvalue weighted by Crippen LogP contribution is 2.14. The van der Waals surface area contributed by atoms with Crippen LogP contribution in [-0.2, 0) is 6.54 Å². The molecule has 19 heavy (non-hydrogen) atoms. The van der Waals surface area contributed by atoms with Crippen molar-refractivity contribution in [2.24, 2.45) is 5.92 Å². The number of benzene rings is 1. The zero-order chi connectivity index (χ0) is 14.3. The van der Waals surface area contributed by atoms with E-state index in [-0.39, 0.29) is 6.61 Å². The third-order valence-electron chi connectivity index (χ3n) is 3.02. The fraction of sp³-hybridized carbons (Fsp3) is 0.529. The van der Waals surface area contributed by atoms with Gasteiger partial charge in [-0.2, -0.15) is 0 Å². The highest BCUT2D eigenvalue weighted by atomic mass is 16.2. The van der Waals surface area contributed by atoms with Crippen LogP contribution in [-0.4, -0.2) is 29.2 Å². The van der Waals surface area contributed by atoms with Gasteiger partial charge in [-0.3, -0.25) is 4.90 Å². The van der Waals surface area contributed by atoms with Gasteiger partial charge in [0.1, 0.15) is 6.61 Å². The van der Waals surface area contributed by atoms with E-state index in [1.807, 2.05) is 18.2 Å². The van der Waals surface area contributed by atoms with Crippen LogP contribution in [0.25, 0.3) is 0 Å². The van der Waals surface area contributed by atoms with Crippen molar-refractivity contribution in [3.05, 3.63) is 35.4 Å². The Balaban J connectivity index is 2.89. The normalized spacial score (nSPS) is 10.9. The molecule has 0 spiro atoms. The Bertz CT molecular complexity index is 440. The third-order valence-corrected chi connectivity index (χ3v) is 3.02. The average Bonchev–Trinajstić information content (AvgIpc) is 2.36. The van der Waals surface area contributed by atoms with E-state index in [0.717, 1.165) is 18.7 Å². The summed E-state index contributed by atoms with van der Waals surface area (Å²) in [5, 5.41) is 8.82. The highest BCUT2D eigenvalue weighted by molar-refractivity contribution is 5.41. The lowest BCUT2D eigenvalue weighted by atomic mass is 10.1. The molecule has 0 saturated carbocycles. The van der Waals surface area contributed by atoms with Gasteiger partial charge in [-0.25, -0.2) is 0 Å². The standard InChI is InChI=1S/C17H25NO/c1-14(2)12-18(15(3)4)13-17-9-6-5-8-16(17)10-7-11-19/h5-6,8-9,14-15,19H,11-13H2,1-4H3. The molecule has 0 saturated heterocycles. The van der Waals surface area contributed by atoms with Crippen LogP contribution in [0.3, 0.4) is 0 Å². The first-order valence-corrected chi connectivity index (χ1v) is 6.96. The van der Waals surface area contributed by atoms with Gasteiger partial charge in [-0.15, -0.1) is 0 Å². The van der Waals surface area contributed by atoms with Crippen LogP contribution in [0, 0.1) is 17.8 Å². The number of nitrogens with zero attached hydrogens (tertiary/aromatic N) is 1. The van der Waals surface area contributed by atoms with Crippen LogP contribution in [0.4, 0.5) is 0 Å². The van der Waals surface area contributed by atoms with Crippen molar-refractivity contribution >= 4 is 0 Å². The molecular weight excluding hydrogens is 234 g/mol. The second kappa shape index (κ2) is 7.99. The quantitative estimate of drug-likeness (QED) is 0.822. The summed E-state index contributed by atoms with van der Waals surface area (Å²) in [5.74, 6) is 6.42. The molecule has 1 aromatic carbocycles. The molecule has 0 amide bonds. The smallest absolute Gasteiger partial charge is 0.104 e. The van der Waals surface area contributed by atoms with Crippen molar-refractivity contribution in [2.45, 2.75) is 40.3 Å². The minimum absolute atomic E-state index is 0.0891. The SMILES string of the molecule is CC(C)CN(Cc1ccccc1C#CCO)C(C)C. The Morgan fingerprint density at radius 1 is 1.16 bits per heavy atom. The first-order valence-electron chi connectivity index (χ1n) is 6.96. The molecule has 0 aliphatic rings. The van der Waals surface area contributed by atoms with Crippen LogP contribution in [0.2, 0.25) is 0 Å². The van der Waals surface area contributed by atoms with E-state index in [2.05, 4.69) is 50.5 Å². The average molecular weight is 259 g/mol. The highest BCUT2D eigenvalue weighted by Gasteiger charge is 2.13. The zero-order valence-corrected chi connectivity index (χ0v) is 12.5. The van der Waals surface area contributed by atoms with Gasteiger partial charge in [0.25, 0.3) is 0 Å². The van der Waals surface area contributed by atoms with E-state index in [0.29, 0.717) is 12.0 Å². The summed E-state index contributed by atoms with van der Waals surface area (Å²) in [7, 11) is 0. The summed E-state index contributed by atoms with van der Waals surface area (Å²) >= 11 is 0. The lowest BCUT2D eigenvalue weighted by Gasteiger charge is -2.28. The summed E-state index contributed by atoms with van der Waals surface area (Å²) < 4.78 is 0. The first-order chi connectivity index (χ1) is 9.04. The molecule has 0 fully saturated rings. The largest absolute Gasteiger partial charge is 0.384 e. The Labute approximate surface area is 117 Å². The molecular formula is C17H25NO. The maximum absolute atomic E-state index is 8.82. The number of aliphatic hydroxyl groups is 1. The van der Waals surface area contributed by atoms with Crippen LogP contribution >= 0.6 is 0 Å². The monoisotopic (exact) mass is 259 g/mol. The lowest BCUT2D eigenvalue weighted by molar-refractivity contribution is 0.189. The molecule has 0 radical (unpaired) electrons. The van der Waals surface area contributed by atoms with Crippen LogP contribution in [0.5, 0.6) is 0 Å². The molecule has 1 rings (SSSR count). The van der Waals surface area contributed by atoms with E-state index >= 15 is 0 Å². The molecule has 0 bridgehead atoms. The first kappa shape index (κ1) is 15.8. The second-order valence-electron chi connectivity index (χ2n) is 5.53. The van der Waals surface area contributed by atoms with Crippen molar-refractivity contribution in [1.82, 2.24) is 4.90 Å². The van der Waals surface area contributed by atoms with Crippen LogP contribution in [0.15, 0.2) is 24.3 Å². The molecule has 1 N–H and O–H groups in total. The Kier molecular flexibility index (Phi) is 6.62. The van der Waals surface area contributed by atoms with E-state index in [4.69, 9.17) is 5.11 Å². The van der Waals surface area contributed by atoms with Crippen molar-refractivity contribution in [1.29, 1.82) is 0 Å². The summed E-state index contributed by atoms with van der Waals surface area (Å²) in [4.78, 5) is 2.46. The van der Waals surface area contributed by atoms with Gasteiger partial charge in [-0.1, -0.05) is 43.9 Å². The Hall–Kier alpha value is -1.30. The maximum atomic E-state index is 8.82. The molecule has 0 unspecified atom stereocenters. The lowest BCUT2D eigenvalue weighted by Crippen LogP contribution is -2.33. The molecule has 1 aromatic rings. The second-order valence-corrected chi connectivity index (χ2v) is 5.53. The molecule has 0 aliphatic heterocycles. The summed E-state index contributed by atoms with van der Waals surface area (Å²) in [6, 6.07) is 8.70.